The fraction of sp³-hybridized carbons (Fsp3) is 0.333. The number of methoxy groups -OCH3 is 1. The Morgan fingerprint density at radius 2 is 1.80 bits per heavy atom. The average molecular weight is 274 g/mol. The van der Waals surface area contributed by atoms with Crippen molar-refractivity contribution < 1.29 is 14.3 Å². The van der Waals surface area contributed by atoms with Crippen molar-refractivity contribution in [2.45, 2.75) is 25.7 Å². The van der Waals surface area contributed by atoms with Crippen LogP contribution in [0.15, 0.2) is 36.0 Å². The highest BCUT2D eigenvalue weighted by Gasteiger charge is 2.08. The van der Waals surface area contributed by atoms with Crippen LogP contribution in [0.3, 0.4) is 0 Å². The van der Waals surface area contributed by atoms with Gasteiger partial charge < -0.3 is 15.4 Å². The summed E-state index contributed by atoms with van der Waals surface area (Å²) < 4.78 is 4.61. The van der Waals surface area contributed by atoms with Crippen molar-refractivity contribution in [2.24, 2.45) is 0 Å². The molecule has 0 bridgehead atoms. The molecular formula is C15H18N2O3. The molecule has 0 aromatic heterocycles. The molecule has 0 heterocycles. The lowest BCUT2D eigenvalue weighted by Gasteiger charge is -2.06. The van der Waals surface area contributed by atoms with Gasteiger partial charge in [-0.3, -0.25) is 0 Å². The number of nitrogens with one attached hydrogen (secondary N) is 2. The predicted octanol–water partition coefficient (Wildman–Crippen LogP) is 3.05. The van der Waals surface area contributed by atoms with E-state index < -0.39 is 5.97 Å². The summed E-state index contributed by atoms with van der Waals surface area (Å²) in [6, 6.07) is 6.26. The third-order valence-corrected chi connectivity index (χ3v) is 3.22. The Hall–Kier alpha value is -2.30. The quantitative estimate of drug-likeness (QED) is 0.832. The lowest BCUT2D eigenvalue weighted by atomic mass is 10.2. The standard InChI is InChI=1S/C15H18N2O3/c1-20-14(18)12-6-8-13(9-7-12)17-15(19)16-10-11-4-2-3-5-11/h6-10H,2-5H2,1H3,(H2,16,17,19). The van der Waals surface area contributed by atoms with Crippen molar-refractivity contribution in [2.75, 3.05) is 12.4 Å². The van der Waals surface area contributed by atoms with Crippen molar-refractivity contribution in [3.05, 3.63) is 41.6 Å². The SMILES string of the molecule is COC(=O)c1ccc(NC(=O)NC=C2CCCC2)cc1. The molecule has 5 nitrogen and oxygen atoms in total. The van der Waals surface area contributed by atoms with Gasteiger partial charge in [-0.15, -0.1) is 0 Å². The number of esters is 1. The number of anilines is 1. The molecule has 0 aliphatic heterocycles. The number of benzene rings is 1. The lowest BCUT2D eigenvalue weighted by molar-refractivity contribution is 0.0601. The van der Waals surface area contributed by atoms with Crippen LogP contribution in [0, 0.1) is 0 Å². The number of allylic oxidation sites excluding steroid dienone is 1. The average Bonchev–Trinajstić information content (AvgIpc) is 2.98. The molecule has 1 saturated carbocycles. The molecule has 2 amide bonds. The zero-order valence-corrected chi connectivity index (χ0v) is 11.4. The van der Waals surface area contributed by atoms with Gasteiger partial charge in [0.25, 0.3) is 0 Å². The summed E-state index contributed by atoms with van der Waals surface area (Å²) in [6.45, 7) is 0. The van der Waals surface area contributed by atoms with Gasteiger partial charge in [0.2, 0.25) is 0 Å². The third-order valence-electron chi connectivity index (χ3n) is 3.22. The van der Waals surface area contributed by atoms with Crippen LogP contribution in [0.2, 0.25) is 0 Å². The number of carbonyl (C=O) groups excluding carboxylic acids is 2. The molecule has 0 spiro atoms. The Kier molecular flexibility index (Phi) is 4.76. The monoisotopic (exact) mass is 274 g/mol. The number of amides is 2. The van der Waals surface area contributed by atoms with Gasteiger partial charge in [0, 0.05) is 11.9 Å². The normalized spacial score (nSPS) is 13.8. The van der Waals surface area contributed by atoms with E-state index in [2.05, 4.69) is 15.4 Å². The van der Waals surface area contributed by atoms with Gasteiger partial charge in [0.1, 0.15) is 0 Å². The minimum absolute atomic E-state index is 0.282. The van der Waals surface area contributed by atoms with Gasteiger partial charge in [-0.2, -0.15) is 0 Å². The number of hydrogen-bond acceptors (Lipinski definition) is 3. The summed E-state index contributed by atoms with van der Waals surface area (Å²) in [7, 11) is 1.33. The minimum Gasteiger partial charge on any atom is -0.465 e. The maximum absolute atomic E-state index is 11.7. The molecular weight excluding hydrogens is 256 g/mol. The van der Waals surface area contributed by atoms with Crippen LogP contribution in [0.1, 0.15) is 36.0 Å². The molecule has 2 N–H and O–H groups in total. The van der Waals surface area contributed by atoms with Crippen LogP contribution in [0.25, 0.3) is 0 Å². The molecule has 5 heteroatoms. The molecule has 0 atom stereocenters. The molecule has 0 saturated heterocycles. The van der Waals surface area contributed by atoms with Crippen molar-refractivity contribution in [1.29, 1.82) is 0 Å². The molecule has 2 rings (SSSR count). The van der Waals surface area contributed by atoms with E-state index in [0.29, 0.717) is 11.3 Å². The Morgan fingerprint density at radius 3 is 2.40 bits per heavy atom. The van der Waals surface area contributed by atoms with Crippen LogP contribution in [-0.4, -0.2) is 19.1 Å². The number of rotatable bonds is 3. The first-order valence-electron chi connectivity index (χ1n) is 6.63. The van der Waals surface area contributed by atoms with Crippen LogP contribution in [-0.2, 0) is 4.74 Å². The van der Waals surface area contributed by atoms with E-state index in [1.54, 1.807) is 30.5 Å². The predicted molar refractivity (Wildman–Crippen MR) is 76.5 cm³/mol. The zero-order chi connectivity index (χ0) is 14.4. The fourth-order valence-electron chi connectivity index (χ4n) is 2.12. The second-order valence-corrected chi connectivity index (χ2v) is 4.68. The van der Waals surface area contributed by atoms with Crippen LogP contribution in [0.5, 0.6) is 0 Å². The minimum atomic E-state index is -0.396. The Morgan fingerprint density at radius 1 is 1.15 bits per heavy atom. The van der Waals surface area contributed by atoms with Gasteiger partial charge in [-0.25, -0.2) is 9.59 Å². The van der Waals surface area contributed by atoms with E-state index in [9.17, 15) is 9.59 Å². The molecule has 20 heavy (non-hydrogen) atoms. The summed E-state index contributed by atoms with van der Waals surface area (Å²) in [5.41, 5.74) is 2.35. The van der Waals surface area contributed by atoms with Crippen molar-refractivity contribution in [3.8, 4) is 0 Å². The molecule has 106 valence electrons. The molecule has 1 aromatic carbocycles. The summed E-state index contributed by atoms with van der Waals surface area (Å²) in [5.74, 6) is -0.396. The summed E-state index contributed by atoms with van der Waals surface area (Å²) in [4.78, 5) is 23.0. The van der Waals surface area contributed by atoms with Gasteiger partial charge in [0.15, 0.2) is 0 Å². The number of carbonyl (C=O) groups is 2. The number of hydrogen-bond donors (Lipinski definition) is 2. The Labute approximate surface area is 118 Å². The Balaban J connectivity index is 1.87. The molecule has 1 aliphatic carbocycles. The number of urea groups is 1. The summed E-state index contributed by atoms with van der Waals surface area (Å²) in [5, 5.41) is 5.42. The van der Waals surface area contributed by atoms with E-state index in [0.717, 1.165) is 12.8 Å². The highest BCUT2D eigenvalue weighted by Crippen LogP contribution is 2.22. The molecule has 1 aliphatic rings. The van der Waals surface area contributed by atoms with Crippen molar-refractivity contribution >= 4 is 17.7 Å². The second-order valence-electron chi connectivity index (χ2n) is 4.68. The van der Waals surface area contributed by atoms with E-state index in [1.165, 1.54) is 25.5 Å². The largest absolute Gasteiger partial charge is 0.465 e. The maximum Gasteiger partial charge on any atom is 0.337 e. The van der Waals surface area contributed by atoms with Crippen LogP contribution >= 0.6 is 0 Å². The first-order chi connectivity index (χ1) is 9.69. The second kappa shape index (κ2) is 6.75. The summed E-state index contributed by atoms with van der Waals surface area (Å²) >= 11 is 0. The molecule has 1 fully saturated rings. The van der Waals surface area contributed by atoms with Gasteiger partial charge >= 0.3 is 12.0 Å². The third kappa shape index (κ3) is 3.85. The first-order valence-corrected chi connectivity index (χ1v) is 6.63. The molecule has 0 unspecified atom stereocenters. The first kappa shape index (κ1) is 14.1. The van der Waals surface area contributed by atoms with Gasteiger partial charge in [-0.1, -0.05) is 5.57 Å². The molecule has 1 aromatic rings. The fourth-order valence-corrected chi connectivity index (χ4v) is 2.12. The number of ether oxygens (including phenoxy) is 1. The highest BCUT2D eigenvalue weighted by atomic mass is 16.5. The van der Waals surface area contributed by atoms with E-state index >= 15 is 0 Å². The van der Waals surface area contributed by atoms with E-state index in [-0.39, 0.29) is 6.03 Å². The van der Waals surface area contributed by atoms with Crippen LogP contribution in [0.4, 0.5) is 10.5 Å². The van der Waals surface area contributed by atoms with E-state index in [1.807, 2.05) is 0 Å². The van der Waals surface area contributed by atoms with Crippen molar-refractivity contribution in [3.63, 3.8) is 0 Å². The molecule has 0 radical (unpaired) electrons. The maximum atomic E-state index is 11.7. The Bertz CT molecular complexity index is 512. The highest BCUT2D eigenvalue weighted by molar-refractivity contribution is 5.92. The van der Waals surface area contributed by atoms with Crippen molar-refractivity contribution in [1.82, 2.24) is 5.32 Å². The smallest absolute Gasteiger partial charge is 0.337 e. The summed E-state index contributed by atoms with van der Waals surface area (Å²) in [6.07, 6.45) is 6.31. The van der Waals surface area contributed by atoms with Gasteiger partial charge in [0.05, 0.1) is 12.7 Å². The topological polar surface area (TPSA) is 67.4 Å². The van der Waals surface area contributed by atoms with E-state index in [4.69, 9.17) is 0 Å². The van der Waals surface area contributed by atoms with Gasteiger partial charge in [-0.05, 0) is 49.9 Å². The van der Waals surface area contributed by atoms with Crippen LogP contribution < -0.4 is 10.6 Å². The zero-order valence-electron chi connectivity index (χ0n) is 11.4. The lowest BCUT2D eigenvalue weighted by Crippen LogP contribution is -2.24.